The van der Waals surface area contributed by atoms with Crippen LogP contribution in [0.3, 0.4) is 0 Å². The zero-order valence-corrected chi connectivity index (χ0v) is 14.4. The number of ketones is 1. The Morgan fingerprint density at radius 1 is 0.960 bits per heavy atom. The molecule has 2 nitrogen and oxygen atoms in total. The Bertz CT molecular complexity index is 798. The average molecular weight is 353 g/mol. The molecule has 25 heavy (non-hydrogen) atoms. The molecule has 2 aromatic carbocycles. The topological polar surface area (TPSA) is 29.1 Å². The summed E-state index contributed by atoms with van der Waals surface area (Å²) >= 11 is 0. The molecule has 134 valence electrons. The molecule has 0 fully saturated rings. The number of carbonyl (C=O) groups excluding carboxylic acids is 1. The van der Waals surface area contributed by atoms with Gasteiger partial charge in [0, 0.05) is 5.69 Å². The quantitative estimate of drug-likeness (QED) is 0.336. The van der Waals surface area contributed by atoms with E-state index in [2.05, 4.69) is 5.32 Å². The van der Waals surface area contributed by atoms with Gasteiger partial charge in [-0.1, -0.05) is 26.0 Å². The maximum Gasteiger partial charge on any atom is 0.198 e. The third-order valence-electron chi connectivity index (χ3n) is 3.95. The summed E-state index contributed by atoms with van der Waals surface area (Å²) in [4.78, 5) is 12.5. The van der Waals surface area contributed by atoms with Crippen molar-refractivity contribution in [2.75, 3.05) is 5.32 Å². The van der Waals surface area contributed by atoms with Crippen molar-refractivity contribution < 1.29 is 22.4 Å². The van der Waals surface area contributed by atoms with Crippen LogP contribution in [0.5, 0.6) is 0 Å². The minimum atomic E-state index is -2.00. The summed E-state index contributed by atoms with van der Waals surface area (Å²) in [5.41, 5.74) is -0.515. The molecule has 0 aliphatic heterocycles. The molecule has 0 aliphatic rings. The van der Waals surface area contributed by atoms with Crippen LogP contribution in [-0.4, -0.2) is 11.3 Å². The van der Waals surface area contributed by atoms with E-state index in [1.807, 2.05) is 26.0 Å². The summed E-state index contributed by atoms with van der Waals surface area (Å²) in [5, 5.41) is 2.91. The van der Waals surface area contributed by atoms with E-state index in [0.717, 1.165) is 5.56 Å². The van der Waals surface area contributed by atoms with Gasteiger partial charge in [-0.05, 0) is 43.5 Å². The maximum absolute atomic E-state index is 13.9. The first-order valence-electron chi connectivity index (χ1n) is 7.80. The van der Waals surface area contributed by atoms with Crippen LogP contribution in [-0.2, 0) is 0 Å². The Hall–Kier alpha value is -2.37. The molecule has 0 bridgehead atoms. The second kappa shape index (κ2) is 6.86. The minimum Gasteiger partial charge on any atom is -0.373 e. The number of Topliss-reactive ketones (excluding diaryl/α,β-unsaturated/α-hetero) is 1. The van der Waals surface area contributed by atoms with Crippen LogP contribution >= 0.6 is 0 Å². The van der Waals surface area contributed by atoms with Crippen molar-refractivity contribution in [1.29, 1.82) is 0 Å². The molecule has 0 saturated heterocycles. The van der Waals surface area contributed by atoms with E-state index in [1.165, 1.54) is 13.8 Å². The summed E-state index contributed by atoms with van der Waals surface area (Å²) in [6, 6.07) is 7.65. The molecule has 0 aliphatic carbocycles. The highest BCUT2D eigenvalue weighted by Crippen LogP contribution is 2.26. The Kier molecular flexibility index (Phi) is 5.20. The number of rotatable bonds is 5. The number of hydrogen-bond donors (Lipinski definition) is 1. The summed E-state index contributed by atoms with van der Waals surface area (Å²) in [6.07, 6.45) is 0. The molecule has 0 aromatic heterocycles. The molecule has 0 saturated carbocycles. The van der Waals surface area contributed by atoms with Crippen molar-refractivity contribution in [3.05, 3.63) is 64.7 Å². The van der Waals surface area contributed by atoms with Gasteiger partial charge in [-0.15, -0.1) is 0 Å². The smallest absolute Gasteiger partial charge is 0.198 e. The number of benzene rings is 2. The predicted molar refractivity (Wildman–Crippen MR) is 88.8 cm³/mol. The van der Waals surface area contributed by atoms with Crippen LogP contribution in [0.4, 0.5) is 23.2 Å². The van der Waals surface area contributed by atoms with Gasteiger partial charge in [0.15, 0.2) is 29.1 Å². The van der Waals surface area contributed by atoms with Gasteiger partial charge in [-0.25, -0.2) is 17.6 Å². The Balaban J connectivity index is 2.31. The number of hydrogen-bond acceptors (Lipinski definition) is 2. The van der Waals surface area contributed by atoms with Crippen molar-refractivity contribution in [1.82, 2.24) is 0 Å². The first-order valence-corrected chi connectivity index (χ1v) is 7.80. The normalized spacial score (nSPS) is 11.7. The van der Waals surface area contributed by atoms with Gasteiger partial charge in [0.1, 0.15) is 0 Å². The molecule has 2 aromatic rings. The lowest BCUT2D eigenvalue weighted by Crippen LogP contribution is -2.41. The lowest BCUT2D eigenvalue weighted by Gasteiger charge is -2.26. The van der Waals surface area contributed by atoms with Crippen LogP contribution in [0.1, 0.15) is 49.5 Å². The van der Waals surface area contributed by atoms with Gasteiger partial charge in [0.25, 0.3) is 0 Å². The highest BCUT2D eigenvalue weighted by atomic mass is 19.2. The maximum atomic E-state index is 13.9. The monoisotopic (exact) mass is 353 g/mol. The van der Waals surface area contributed by atoms with E-state index < -0.39 is 40.2 Å². The van der Waals surface area contributed by atoms with Gasteiger partial charge >= 0.3 is 0 Å². The van der Waals surface area contributed by atoms with Crippen molar-refractivity contribution in [2.45, 2.75) is 39.2 Å². The predicted octanol–water partition coefficient (Wildman–Crippen LogP) is 5.44. The fourth-order valence-electron chi connectivity index (χ4n) is 2.44. The molecular formula is C19H19F4NO. The summed E-state index contributed by atoms with van der Waals surface area (Å²) in [6.45, 7) is 6.97. The van der Waals surface area contributed by atoms with Crippen molar-refractivity contribution in [3.8, 4) is 0 Å². The third kappa shape index (κ3) is 3.83. The fraction of sp³-hybridized carbons (Fsp3) is 0.316. The first kappa shape index (κ1) is 19.0. The molecule has 0 amide bonds. The van der Waals surface area contributed by atoms with Crippen molar-refractivity contribution in [2.24, 2.45) is 0 Å². The summed E-state index contributed by atoms with van der Waals surface area (Å²) in [5.74, 6) is -7.81. The number of anilines is 1. The van der Waals surface area contributed by atoms with Crippen LogP contribution in [0.25, 0.3) is 0 Å². The van der Waals surface area contributed by atoms with E-state index >= 15 is 0 Å². The fourth-order valence-corrected chi connectivity index (χ4v) is 2.44. The number of halogens is 4. The SMILES string of the molecule is CC(C)c1ccc(NC(C)(C)C(=O)c2cc(F)c(F)c(F)c2F)cc1. The van der Waals surface area contributed by atoms with Gasteiger partial charge in [-0.3, -0.25) is 4.79 Å². The standard InChI is InChI=1S/C19H19F4NO/c1-10(2)11-5-7-12(8-6-11)24-19(3,4)18(25)13-9-14(20)16(22)17(23)15(13)21/h5-10,24H,1-4H3. The lowest BCUT2D eigenvalue weighted by molar-refractivity contribution is 0.0920. The zero-order valence-electron chi connectivity index (χ0n) is 14.4. The number of carbonyl (C=O) groups is 1. The van der Waals surface area contributed by atoms with Gasteiger partial charge in [0.2, 0.25) is 0 Å². The Morgan fingerprint density at radius 2 is 1.52 bits per heavy atom. The van der Waals surface area contributed by atoms with E-state index in [4.69, 9.17) is 0 Å². The Morgan fingerprint density at radius 3 is 2.04 bits per heavy atom. The molecule has 0 unspecified atom stereocenters. The lowest BCUT2D eigenvalue weighted by atomic mass is 9.92. The van der Waals surface area contributed by atoms with Crippen LogP contribution in [0, 0.1) is 23.3 Å². The third-order valence-corrected chi connectivity index (χ3v) is 3.95. The second-order valence-electron chi connectivity index (χ2n) is 6.70. The second-order valence-corrected chi connectivity index (χ2v) is 6.70. The molecule has 0 heterocycles. The van der Waals surface area contributed by atoms with Gasteiger partial charge in [-0.2, -0.15) is 0 Å². The Labute approximate surface area is 143 Å². The van der Waals surface area contributed by atoms with Crippen LogP contribution in [0.2, 0.25) is 0 Å². The molecule has 0 radical (unpaired) electrons. The molecule has 1 N–H and O–H groups in total. The van der Waals surface area contributed by atoms with Gasteiger partial charge < -0.3 is 5.32 Å². The summed E-state index contributed by atoms with van der Waals surface area (Å²) in [7, 11) is 0. The molecule has 2 rings (SSSR count). The first-order chi connectivity index (χ1) is 11.5. The highest BCUT2D eigenvalue weighted by molar-refractivity contribution is 6.04. The molecule has 6 heteroatoms. The van der Waals surface area contributed by atoms with Gasteiger partial charge in [0.05, 0.1) is 11.1 Å². The van der Waals surface area contributed by atoms with E-state index in [9.17, 15) is 22.4 Å². The molecule has 0 spiro atoms. The zero-order chi connectivity index (χ0) is 18.9. The highest BCUT2D eigenvalue weighted by Gasteiger charge is 2.33. The minimum absolute atomic E-state index is 0.336. The van der Waals surface area contributed by atoms with E-state index in [-0.39, 0.29) is 0 Å². The summed E-state index contributed by atoms with van der Waals surface area (Å²) < 4.78 is 53.7. The van der Waals surface area contributed by atoms with Crippen molar-refractivity contribution in [3.63, 3.8) is 0 Å². The molecular weight excluding hydrogens is 334 g/mol. The van der Waals surface area contributed by atoms with E-state index in [1.54, 1.807) is 12.1 Å². The van der Waals surface area contributed by atoms with E-state index in [0.29, 0.717) is 17.7 Å². The van der Waals surface area contributed by atoms with Crippen molar-refractivity contribution >= 4 is 11.5 Å². The van der Waals surface area contributed by atoms with Crippen LogP contribution < -0.4 is 5.32 Å². The largest absolute Gasteiger partial charge is 0.373 e. The number of nitrogens with one attached hydrogen (secondary N) is 1. The average Bonchev–Trinajstić information content (AvgIpc) is 2.55. The van der Waals surface area contributed by atoms with Crippen LogP contribution in [0.15, 0.2) is 30.3 Å². The molecule has 0 atom stereocenters.